The van der Waals surface area contributed by atoms with E-state index in [1.165, 1.54) is 25.7 Å². The molecule has 194 valence electrons. The van der Waals surface area contributed by atoms with Crippen LogP contribution in [0.1, 0.15) is 102 Å². The van der Waals surface area contributed by atoms with Gasteiger partial charge in [-0.2, -0.15) is 0 Å². The van der Waals surface area contributed by atoms with E-state index in [-0.39, 0.29) is 11.9 Å². The molecule has 0 fully saturated rings. The molecular weight excluding hydrogens is 448 g/mol. The van der Waals surface area contributed by atoms with E-state index in [1.54, 1.807) is 0 Å². The Hall–Kier alpha value is -2.88. The van der Waals surface area contributed by atoms with Crippen molar-refractivity contribution in [1.82, 2.24) is 0 Å². The van der Waals surface area contributed by atoms with Gasteiger partial charge in [-0.25, -0.2) is 0 Å². The summed E-state index contributed by atoms with van der Waals surface area (Å²) in [6.45, 7) is 8.46. The maximum absolute atomic E-state index is 12.8. The molecule has 0 saturated carbocycles. The van der Waals surface area contributed by atoms with Gasteiger partial charge in [-0.05, 0) is 49.9 Å². The van der Waals surface area contributed by atoms with Crippen molar-refractivity contribution < 1.29 is 19.1 Å². The highest BCUT2D eigenvalue weighted by Gasteiger charge is 2.21. The Bertz CT molecular complexity index is 1090. The summed E-state index contributed by atoms with van der Waals surface area (Å²) in [5, 5.41) is 3.19. The van der Waals surface area contributed by atoms with Gasteiger partial charge in [0.25, 0.3) is 0 Å². The van der Waals surface area contributed by atoms with Gasteiger partial charge in [0.1, 0.15) is 11.5 Å². The standard InChI is InChI=1S/C32H42O4/c1-5-7-9-11-13-19-29(33)35-31-25-17-15-16-18-26(25)32(28-22-24(4)23(3)21-27(28)31)36-30(34)20-14-12-10-8-6-2/h15-18,21-22H,5-14,19-20H2,1-4H3. The zero-order chi connectivity index (χ0) is 25.9. The normalized spacial score (nSPS) is 11.2. The molecule has 0 aliphatic rings. The van der Waals surface area contributed by atoms with E-state index in [4.69, 9.17) is 9.47 Å². The summed E-state index contributed by atoms with van der Waals surface area (Å²) in [7, 11) is 0. The lowest BCUT2D eigenvalue weighted by molar-refractivity contribution is -0.135. The second-order valence-electron chi connectivity index (χ2n) is 9.96. The van der Waals surface area contributed by atoms with Crippen molar-refractivity contribution in [3.63, 3.8) is 0 Å². The van der Waals surface area contributed by atoms with Crippen LogP contribution in [0.25, 0.3) is 21.5 Å². The number of unbranched alkanes of at least 4 members (excludes halogenated alkanes) is 8. The van der Waals surface area contributed by atoms with Crippen LogP contribution in [-0.4, -0.2) is 11.9 Å². The molecular formula is C32H42O4. The molecule has 0 saturated heterocycles. The Kier molecular flexibility index (Phi) is 10.8. The van der Waals surface area contributed by atoms with Crippen LogP contribution in [0, 0.1) is 13.8 Å². The van der Waals surface area contributed by atoms with Crippen LogP contribution < -0.4 is 9.47 Å². The zero-order valence-corrected chi connectivity index (χ0v) is 22.6. The Morgan fingerprint density at radius 2 is 0.972 bits per heavy atom. The predicted octanol–water partition coefficient (Wildman–Crippen LogP) is 9.14. The van der Waals surface area contributed by atoms with Gasteiger partial charge in [0.2, 0.25) is 0 Å². The van der Waals surface area contributed by atoms with Crippen LogP contribution in [0.5, 0.6) is 11.5 Å². The van der Waals surface area contributed by atoms with Gasteiger partial charge < -0.3 is 9.47 Å². The number of esters is 2. The summed E-state index contributed by atoms with van der Waals surface area (Å²) in [6.07, 6.45) is 11.6. The molecule has 3 rings (SSSR count). The van der Waals surface area contributed by atoms with E-state index >= 15 is 0 Å². The van der Waals surface area contributed by atoms with Crippen molar-refractivity contribution in [3.05, 3.63) is 47.5 Å². The number of ether oxygens (including phenoxy) is 2. The van der Waals surface area contributed by atoms with E-state index < -0.39 is 0 Å². The lowest BCUT2D eigenvalue weighted by atomic mass is 9.96. The maximum atomic E-state index is 12.8. The quantitative estimate of drug-likeness (QED) is 0.0978. The van der Waals surface area contributed by atoms with Gasteiger partial charge in [-0.15, -0.1) is 0 Å². The Morgan fingerprint density at radius 3 is 1.36 bits per heavy atom. The van der Waals surface area contributed by atoms with Crippen LogP contribution in [0.3, 0.4) is 0 Å². The molecule has 0 bridgehead atoms. The summed E-state index contributed by atoms with van der Waals surface area (Å²) in [6, 6.07) is 11.8. The monoisotopic (exact) mass is 490 g/mol. The van der Waals surface area contributed by atoms with E-state index in [2.05, 4.69) is 13.8 Å². The Morgan fingerprint density at radius 1 is 0.583 bits per heavy atom. The van der Waals surface area contributed by atoms with E-state index in [0.717, 1.165) is 71.2 Å². The first-order valence-corrected chi connectivity index (χ1v) is 13.8. The molecule has 0 spiro atoms. The summed E-state index contributed by atoms with van der Waals surface area (Å²) in [4.78, 5) is 25.7. The third-order valence-corrected chi connectivity index (χ3v) is 6.94. The SMILES string of the molecule is CCCCCCCC(=O)Oc1c2ccccc2c(OC(=O)CCCCCCC)c2cc(C)c(C)cc12. The molecule has 4 nitrogen and oxygen atoms in total. The molecule has 0 aliphatic heterocycles. The first kappa shape index (κ1) is 27.7. The zero-order valence-electron chi connectivity index (χ0n) is 22.6. The molecule has 3 aromatic carbocycles. The van der Waals surface area contributed by atoms with E-state index in [9.17, 15) is 9.59 Å². The summed E-state index contributed by atoms with van der Waals surface area (Å²) >= 11 is 0. The predicted molar refractivity (Wildman–Crippen MR) is 149 cm³/mol. The van der Waals surface area contributed by atoms with Crippen LogP contribution in [0.2, 0.25) is 0 Å². The van der Waals surface area contributed by atoms with Gasteiger partial charge in [-0.3, -0.25) is 9.59 Å². The third-order valence-electron chi connectivity index (χ3n) is 6.94. The molecule has 0 N–H and O–H groups in total. The van der Waals surface area contributed by atoms with Gasteiger partial charge >= 0.3 is 11.9 Å². The molecule has 0 atom stereocenters. The first-order valence-electron chi connectivity index (χ1n) is 13.8. The van der Waals surface area contributed by atoms with E-state index in [0.29, 0.717) is 24.3 Å². The second kappa shape index (κ2) is 14.0. The fraction of sp³-hybridized carbons (Fsp3) is 0.500. The minimum Gasteiger partial charge on any atom is -0.425 e. The highest BCUT2D eigenvalue weighted by molar-refractivity contribution is 6.13. The first-order chi connectivity index (χ1) is 17.5. The number of carbonyl (C=O) groups is 2. The van der Waals surface area contributed by atoms with E-state index in [1.807, 2.05) is 50.2 Å². The topological polar surface area (TPSA) is 52.6 Å². The lowest BCUT2D eigenvalue weighted by Gasteiger charge is -2.18. The Balaban J connectivity index is 1.93. The summed E-state index contributed by atoms with van der Waals surface area (Å²) in [5.41, 5.74) is 2.20. The minimum atomic E-state index is -0.215. The van der Waals surface area contributed by atoms with Gasteiger partial charge in [-0.1, -0.05) is 89.5 Å². The molecule has 3 aromatic rings. The lowest BCUT2D eigenvalue weighted by Crippen LogP contribution is -2.11. The number of rotatable bonds is 14. The third kappa shape index (κ3) is 7.32. The molecule has 0 heterocycles. The molecule has 0 amide bonds. The second-order valence-corrected chi connectivity index (χ2v) is 9.96. The maximum Gasteiger partial charge on any atom is 0.311 e. The van der Waals surface area contributed by atoms with Gasteiger partial charge in [0.05, 0.1) is 0 Å². The molecule has 36 heavy (non-hydrogen) atoms. The largest absolute Gasteiger partial charge is 0.425 e. The average molecular weight is 491 g/mol. The average Bonchev–Trinajstić information content (AvgIpc) is 2.87. The number of aryl methyl sites for hydroxylation is 2. The number of fused-ring (bicyclic) bond motifs is 2. The number of carbonyl (C=O) groups excluding carboxylic acids is 2. The Labute approximate surface area is 216 Å². The molecule has 0 radical (unpaired) electrons. The minimum absolute atomic E-state index is 0.215. The van der Waals surface area contributed by atoms with Gasteiger partial charge in [0, 0.05) is 34.4 Å². The highest BCUT2D eigenvalue weighted by atomic mass is 16.5. The smallest absolute Gasteiger partial charge is 0.311 e. The van der Waals surface area contributed by atoms with Crippen molar-refractivity contribution in [2.75, 3.05) is 0 Å². The highest BCUT2D eigenvalue weighted by Crippen LogP contribution is 2.44. The number of hydrogen-bond donors (Lipinski definition) is 0. The number of hydrogen-bond acceptors (Lipinski definition) is 4. The van der Waals surface area contributed by atoms with Crippen LogP contribution in [0.4, 0.5) is 0 Å². The van der Waals surface area contributed by atoms with Crippen molar-refractivity contribution in [2.45, 2.75) is 105 Å². The van der Waals surface area contributed by atoms with Crippen LogP contribution >= 0.6 is 0 Å². The van der Waals surface area contributed by atoms with Crippen LogP contribution in [-0.2, 0) is 9.59 Å². The molecule has 0 aromatic heterocycles. The van der Waals surface area contributed by atoms with Crippen molar-refractivity contribution in [1.29, 1.82) is 0 Å². The van der Waals surface area contributed by atoms with Crippen molar-refractivity contribution in [3.8, 4) is 11.5 Å². The number of benzene rings is 3. The molecule has 0 aliphatic carbocycles. The van der Waals surface area contributed by atoms with Gasteiger partial charge in [0.15, 0.2) is 0 Å². The molecule has 0 unspecified atom stereocenters. The fourth-order valence-corrected chi connectivity index (χ4v) is 4.66. The summed E-state index contributed by atoms with van der Waals surface area (Å²) < 4.78 is 12.1. The summed E-state index contributed by atoms with van der Waals surface area (Å²) in [5.74, 6) is 0.684. The van der Waals surface area contributed by atoms with Crippen LogP contribution in [0.15, 0.2) is 36.4 Å². The van der Waals surface area contributed by atoms with Crippen molar-refractivity contribution in [2.24, 2.45) is 0 Å². The fourth-order valence-electron chi connectivity index (χ4n) is 4.66. The molecule has 4 heteroatoms. The van der Waals surface area contributed by atoms with Crippen molar-refractivity contribution >= 4 is 33.5 Å².